The van der Waals surface area contributed by atoms with Crippen molar-refractivity contribution in [2.45, 2.75) is 19.1 Å². The first-order valence-electron chi connectivity index (χ1n) is 10.9. The lowest BCUT2D eigenvalue weighted by atomic mass is 9.94. The van der Waals surface area contributed by atoms with Gasteiger partial charge in [-0.05, 0) is 48.9 Å². The topological polar surface area (TPSA) is 71.3 Å². The van der Waals surface area contributed by atoms with Crippen molar-refractivity contribution < 1.29 is 26.9 Å². The van der Waals surface area contributed by atoms with Gasteiger partial charge in [-0.3, -0.25) is 4.90 Å². The highest BCUT2D eigenvalue weighted by atomic mass is 19.4. The van der Waals surface area contributed by atoms with Gasteiger partial charge in [0, 0.05) is 11.3 Å². The standard InChI is InChI=1S/C26H18F4N4O2/c1-15-21(24-32-23(33-36-24)17-5-3-2-4-6-17)22(16-7-11-19(27)12-8-16)31-25(35)34(15)20-13-9-18(10-14-20)26(28,29)30/h2-14,22H,1H3,(H,31,35). The van der Waals surface area contributed by atoms with Crippen LogP contribution in [0.25, 0.3) is 17.0 Å². The Labute approximate surface area is 202 Å². The summed E-state index contributed by atoms with van der Waals surface area (Å²) < 4.78 is 58.3. The summed E-state index contributed by atoms with van der Waals surface area (Å²) in [6.45, 7) is 1.63. The van der Waals surface area contributed by atoms with Crippen molar-refractivity contribution in [1.29, 1.82) is 0 Å². The lowest BCUT2D eigenvalue weighted by Gasteiger charge is -2.35. The molecule has 1 aromatic heterocycles. The zero-order valence-corrected chi connectivity index (χ0v) is 18.8. The number of carbonyl (C=O) groups is 1. The van der Waals surface area contributed by atoms with Crippen molar-refractivity contribution in [2.24, 2.45) is 0 Å². The number of halogens is 4. The number of allylic oxidation sites excluding steroid dienone is 1. The lowest BCUT2D eigenvalue weighted by molar-refractivity contribution is -0.137. The van der Waals surface area contributed by atoms with Gasteiger partial charge in [-0.2, -0.15) is 18.2 Å². The molecule has 2 heterocycles. The lowest BCUT2D eigenvalue weighted by Crippen LogP contribution is -2.46. The highest BCUT2D eigenvalue weighted by molar-refractivity contribution is 6.01. The smallest absolute Gasteiger partial charge is 0.334 e. The van der Waals surface area contributed by atoms with E-state index >= 15 is 0 Å². The number of amides is 2. The molecule has 1 N–H and O–H groups in total. The summed E-state index contributed by atoms with van der Waals surface area (Å²) in [5, 5.41) is 6.89. The van der Waals surface area contributed by atoms with Crippen LogP contribution in [-0.4, -0.2) is 16.2 Å². The molecule has 1 atom stereocenters. The monoisotopic (exact) mass is 494 g/mol. The maximum atomic E-state index is 13.6. The average Bonchev–Trinajstić information content (AvgIpc) is 3.34. The van der Waals surface area contributed by atoms with Crippen LogP contribution in [0, 0.1) is 5.82 Å². The van der Waals surface area contributed by atoms with Crippen molar-refractivity contribution >= 4 is 17.3 Å². The average molecular weight is 494 g/mol. The molecule has 0 spiro atoms. The molecule has 1 aliphatic heterocycles. The van der Waals surface area contributed by atoms with Gasteiger partial charge in [-0.1, -0.05) is 47.6 Å². The third-order valence-corrected chi connectivity index (χ3v) is 5.83. The van der Waals surface area contributed by atoms with Crippen LogP contribution in [0.5, 0.6) is 0 Å². The fraction of sp³-hybridized carbons (Fsp3) is 0.115. The number of hydrogen-bond donors (Lipinski definition) is 1. The van der Waals surface area contributed by atoms with Crippen LogP contribution in [0.2, 0.25) is 0 Å². The zero-order valence-electron chi connectivity index (χ0n) is 18.8. The van der Waals surface area contributed by atoms with E-state index in [1.54, 1.807) is 6.92 Å². The van der Waals surface area contributed by atoms with E-state index < -0.39 is 29.6 Å². The normalized spacial score (nSPS) is 16.3. The SMILES string of the molecule is CC1=C(c2nc(-c3ccccc3)no2)C(c2ccc(F)cc2)NC(=O)N1c1ccc(C(F)(F)F)cc1. The summed E-state index contributed by atoms with van der Waals surface area (Å²) in [6.07, 6.45) is -4.51. The Balaban J connectivity index is 1.63. The van der Waals surface area contributed by atoms with E-state index in [9.17, 15) is 22.4 Å². The van der Waals surface area contributed by atoms with Gasteiger partial charge in [0.05, 0.1) is 22.9 Å². The van der Waals surface area contributed by atoms with Gasteiger partial charge in [-0.25, -0.2) is 9.18 Å². The van der Waals surface area contributed by atoms with Crippen molar-refractivity contribution in [3.05, 3.63) is 107 Å². The summed E-state index contributed by atoms with van der Waals surface area (Å²) in [5.41, 5.74) is 1.45. The number of hydrogen-bond acceptors (Lipinski definition) is 4. The fourth-order valence-electron chi connectivity index (χ4n) is 4.07. The Bertz CT molecular complexity index is 1430. The number of benzene rings is 3. The molecule has 0 bridgehead atoms. The largest absolute Gasteiger partial charge is 0.416 e. The number of aromatic nitrogens is 2. The van der Waals surface area contributed by atoms with E-state index in [0.717, 1.165) is 12.1 Å². The van der Waals surface area contributed by atoms with Gasteiger partial charge >= 0.3 is 12.2 Å². The Hall–Kier alpha value is -4.47. The Morgan fingerprint density at radius 1 is 0.944 bits per heavy atom. The van der Waals surface area contributed by atoms with Gasteiger partial charge in [0.15, 0.2) is 0 Å². The number of nitrogens with one attached hydrogen (secondary N) is 1. The minimum absolute atomic E-state index is 0.109. The molecule has 1 unspecified atom stereocenters. The predicted octanol–water partition coefficient (Wildman–Crippen LogP) is 6.60. The minimum atomic E-state index is -4.51. The molecule has 0 saturated carbocycles. The van der Waals surface area contributed by atoms with Crippen LogP contribution < -0.4 is 10.2 Å². The van der Waals surface area contributed by atoms with E-state index in [0.29, 0.717) is 28.2 Å². The molecule has 5 rings (SSSR count). The van der Waals surface area contributed by atoms with Crippen LogP contribution in [0.15, 0.2) is 89.1 Å². The maximum Gasteiger partial charge on any atom is 0.416 e. The first kappa shape index (κ1) is 23.3. The van der Waals surface area contributed by atoms with Gasteiger partial charge in [0.1, 0.15) is 5.82 Å². The number of alkyl halides is 3. The van der Waals surface area contributed by atoms with Gasteiger partial charge in [-0.15, -0.1) is 0 Å². The van der Waals surface area contributed by atoms with Crippen molar-refractivity contribution in [3.8, 4) is 11.4 Å². The maximum absolute atomic E-state index is 13.6. The molecule has 1 aliphatic rings. The van der Waals surface area contributed by atoms with Crippen molar-refractivity contribution in [1.82, 2.24) is 15.5 Å². The van der Waals surface area contributed by atoms with Gasteiger partial charge in [0.25, 0.3) is 5.89 Å². The highest BCUT2D eigenvalue weighted by Crippen LogP contribution is 2.40. The van der Waals surface area contributed by atoms with Crippen LogP contribution in [0.4, 0.5) is 28.0 Å². The molecule has 0 aliphatic carbocycles. The summed E-state index contributed by atoms with van der Waals surface area (Å²) in [7, 11) is 0. The number of carbonyl (C=O) groups excluding carboxylic acids is 1. The molecule has 182 valence electrons. The molecule has 6 nitrogen and oxygen atoms in total. The molecule has 0 radical (unpaired) electrons. The second-order valence-electron chi connectivity index (χ2n) is 8.10. The fourth-order valence-corrected chi connectivity index (χ4v) is 4.07. The van der Waals surface area contributed by atoms with Crippen molar-refractivity contribution in [3.63, 3.8) is 0 Å². The predicted molar refractivity (Wildman–Crippen MR) is 124 cm³/mol. The van der Waals surface area contributed by atoms with Crippen LogP contribution in [0.3, 0.4) is 0 Å². The Morgan fingerprint density at radius 2 is 1.61 bits per heavy atom. The van der Waals surface area contributed by atoms with Crippen LogP contribution >= 0.6 is 0 Å². The molecule has 0 saturated heterocycles. The molecule has 2 amide bonds. The molecule has 4 aromatic rings. The molecular weight excluding hydrogens is 476 g/mol. The van der Waals surface area contributed by atoms with E-state index in [1.165, 1.54) is 41.3 Å². The van der Waals surface area contributed by atoms with Gasteiger partial charge < -0.3 is 9.84 Å². The first-order valence-corrected chi connectivity index (χ1v) is 10.9. The first-order chi connectivity index (χ1) is 17.2. The second kappa shape index (κ2) is 8.95. The molecule has 36 heavy (non-hydrogen) atoms. The number of nitrogens with zero attached hydrogens (tertiary/aromatic N) is 3. The minimum Gasteiger partial charge on any atom is -0.334 e. The van der Waals surface area contributed by atoms with E-state index in [4.69, 9.17) is 4.52 Å². The molecular formula is C26H18F4N4O2. The zero-order chi connectivity index (χ0) is 25.4. The summed E-state index contributed by atoms with van der Waals surface area (Å²) in [4.78, 5) is 18.9. The van der Waals surface area contributed by atoms with E-state index in [-0.39, 0.29) is 11.6 Å². The summed E-state index contributed by atoms with van der Waals surface area (Å²) in [5.74, 6) is -0.0157. The summed E-state index contributed by atoms with van der Waals surface area (Å²) in [6, 6.07) is 17.6. The Kier molecular flexibility index (Phi) is 5.79. The van der Waals surface area contributed by atoms with E-state index in [2.05, 4.69) is 15.5 Å². The number of urea groups is 1. The highest BCUT2D eigenvalue weighted by Gasteiger charge is 2.37. The molecule has 3 aromatic carbocycles. The van der Waals surface area contributed by atoms with Crippen LogP contribution in [0.1, 0.15) is 30.0 Å². The number of rotatable bonds is 4. The van der Waals surface area contributed by atoms with Crippen molar-refractivity contribution in [2.75, 3.05) is 4.90 Å². The Morgan fingerprint density at radius 3 is 2.25 bits per heavy atom. The quantitative estimate of drug-likeness (QED) is 0.325. The number of anilines is 1. The van der Waals surface area contributed by atoms with Gasteiger partial charge in [0.2, 0.25) is 5.82 Å². The third-order valence-electron chi connectivity index (χ3n) is 5.83. The molecule has 10 heteroatoms. The summed E-state index contributed by atoms with van der Waals surface area (Å²) >= 11 is 0. The van der Waals surface area contributed by atoms with E-state index in [1.807, 2.05) is 30.3 Å². The second-order valence-corrected chi connectivity index (χ2v) is 8.10. The third kappa shape index (κ3) is 4.33. The molecule has 0 fully saturated rings. The van der Waals surface area contributed by atoms with Crippen LogP contribution in [-0.2, 0) is 6.18 Å².